The minimum Gasteiger partial charge on any atom is -0.390 e. The number of aliphatic hydroxyl groups excluding tert-OH is 2. The van der Waals surface area contributed by atoms with E-state index in [1.165, 1.54) is 11.3 Å². The molecule has 3 aromatic heterocycles. The molecule has 1 aliphatic carbocycles. The predicted octanol–water partition coefficient (Wildman–Crippen LogP) is 2.00. The van der Waals surface area contributed by atoms with Crippen LogP contribution in [0.3, 0.4) is 0 Å². The average molecular weight is 533 g/mol. The minimum atomic E-state index is -4.49. The molecule has 0 aliphatic heterocycles. The summed E-state index contributed by atoms with van der Waals surface area (Å²) >= 11 is 1.31. The Labute approximate surface area is 202 Å². The first-order valence-electron chi connectivity index (χ1n) is 10.5. The zero-order valence-corrected chi connectivity index (χ0v) is 20.2. The van der Waals surface area contributed by atoms with Crippen LogP contribution in [0.5, 0.6) is 0 Å². The highest BCUT2D eigenvalue weighted by atomic mass is 32.2. The molecule has 4 atom stereocenters. The topological polar surface area (TPSA) is 150 Å². The Hall–Kier alpha value is -2.62. The van der Waals surface area contributed by atoms with Crippen molar-refractivity contribution in [3.8, 4) is 10.6 Å². The number of sulfone groups is 1. The number of halogens is 3. The van der Waals surface area contributed by atoms with Gasteiger partial charge in [0, 0.05) is 18.4 Å². The van der Waals surface area contributed by atoms with Crippen molar-refractivity contribution in [3.63, 3.8) is 0 Å². The first-order valence-corrected chi connectivity index (χ1v) is 13.4. The molecule has 10 nitrogen and oxygen atoms in total. The molecular weight excluding hydrogens is 509 g/mol. The summed E-state index contributed by atoms with van der Waals surface area (Å²) in [7, 11) is -3.42. The summed E-state index contributed by atoms with van der Waals surface area (Å²) in [5.74, 6) is -1.22. The van der Waals surface area contributed by atoms with Gasteiger partial charge >= 0.3 is 6.18 Å². The van der Waals surface area contributed by atoms with Gasteiger partial charge in [0.1, 0.15) is 38.8 Å². The lowest BCUT2D eigenvalue weighted by Crippen LogP contribution is -2.36. The van der Waals surface area contributed by atoms with Gasteiger partial charge in [-0.1, -0.05) is 0 Å². The second kappa shape index (κ2) is 9.44. The monoisotopic (exact) mass is 532 g/mol. The molecule has 1 saturated carbocycles. The maximum Gasteiger partial charge on any atom is 0.405 e. The van der Waals surface area contributed by atoms with Crippen LogP contribution < -0.4 is 10.6 Å². The second-order valence-electron chi connectivity index (χ2n) is 8.51. The molecule has 0 saturated heterocycles. The number of pyridine rings is 1. The van der Waals surface area contributed by atoms with E-state index in [2.05, 4.69) is 30.6 Å². The third-order valence-corrected chi connectivity index (χ3v) is 7.67. The van der Waals surface area contributed by atoms with Crippen molar-refractivity contribution in [1.29, 1.82) is 0 Å². The van der Waals surface area contributed by atoms with Crippen LogP contribution in [-0.2, 0) is 9.84 Å². The van der Waals surface area contributed by atoms with Crippen LogP contribution in [0, 0.1) is 12.8 Å². The van der Waals surface area contributed by atoms with Gasteiger partial charge in [0.15, 0.2) is 0 Å². The van der Waals surface area contributed by atoms with Gasteiger partial charge in [-0.25, -0.2) is 18.4 Å². The number of nitrogens with one attached hydrogen (secondary N) is 2. The van der Waals surface area contributed by atoms with E-state index < -0.39 is 46.7 Å². The number of hydrogen-bond donors (Lipinski definition) is 4. The maximum absolute atomic E-state index is 12.7. The zero-order chi connectivity index (χ0) is 25.5. The number of aliphatic hydroxyl groups is 2. The van der Waals surface area contributed by atoms with E-state index in [4.69, 9.17) is 0 Å². The van der Waals surface area contributed by atoms with Gasteiger partial charge in [-0.05, 0) is 19.4 Å². The Bertz CT molecular complexity index is 1300. The number of anilines is 2. The van der Waals surface area contributed by atoms with Gasteiger partial charge in [-0.2, -0.15) is 18.2 Å². The lowest BCUT2D eigenvalue weighted by atomic mass is 10.1. The minimum absolute atomic E-state index is 0.102. The van der Waals surface area contributed by atoms with Crippen molar-refractivity contribution in [2.45, 2.75) is 37.8 Å². The van der Waals surface area contributed by atoms with Gasteiger partial charge < -0.3 is 20.8 Å². The fourth-order valence-electron chi connectivity index (χ4n) is 4.08. The number of nitrogens with zero attached hydrogens (tertiary/aromatic N) is 4. The molecule has 0 amide bonds. The van der Waals surface area contributed by atoms with E-state index in [-0.39, 0.29) is 23.9 Å². The lowest BCUT2D eigenvalue weighted by molar-refractivity contribution is -0.115. The molecule has 0 bridgehead atoms. The second-order valence-corrected chi connectivity index (χ2v) is 11.7. The highest BCUT2D eigenvalue weighted by Crippen LogP contribution is 2.38. The molecule has 15 heteroatoms. The van der Waals surface area contributed by atoms with E-state index in [0.717, 1.165) is 11.0 Å². The predicted molar refractivity (Wildman–Crippen MR) is 125 cm³/mol. The molecule has 0 aromatic carbocycles. The molecule has 0 spiro atoms. The van der Waals surface area contributed by atoms with Crippen LogP contribution in [0.2, 0.25) is 0 Å². The van der Waals surface area contributed by atoms with Crippen LogP contribution >= 0.6 is 11.3 Å². The van der Waals surface area contributed by atoms with E-state index in [0.29, 0.717) is 21.8 Å². The Morgan fingerprint density at radius 2 is 1.94 bits per heavy atom. The van der Waals surface area contributed by atoms with Crippen molar-refractivity contribution < 1.29 is 31.8 Å². The standard InChI is InChI=1S/C20H23F3N6O4S2/c1-9-14(18-28-12-6-24-4-3-13(12)34-18)17(29-19(26-9)25-8-20(21,22)23)27-11-5-10(7-35(2,32)33)15(30)16(11)31/h3-4,6,10-11,15-16,30-31H,5,7-8H2,1-2H3,(H2,25,26,27,29)/t10-,11-,15-,16+/m1/s1. The van der Waals surface area contributed by atoms with Crippen LogP contribution in [0.1, 0.15) is 12.1 Å². The van der Waals surface area contributed by atoms with E-state index in [9.17, 15) is 31.8 Å². The fourth-order valence-corrected chi connectivity index (χ4v) is 6.22. The number of thiazole rings is 1. The first-order chi connectivity index (χ1) is 16.3. The maximum atomic E-state index is 12.7. The SMILES string of the molecule is Cc1nc(NCC(F)(F)F)nc(N[C@@H]2C[C@H](CS(C)(=O)=O)[C@@H](O)[C@H]2O)c1-c1nc2cnccc2s1. The summed E-state index contributed by atoms with van der Waals surface area (Å²) in [5.41, 5.74) is 1.36. The smallest absolute Gasteiger partial charge is 0.390 e. The summed E-state index contributed by atoms with van der Waals surface area (Å²) < 4.78 is 62.5. The van der Waals surface area contributed by atoms with Crippen molar-refractivity contribution in [2.24, 2.45) is 5.92 Å². The zero-order valence-electron chi connectivity index (χ0n) is 18.6. The van der Waals surface area contributed by atoms with Gasteiger partial charge in [0.2, 0.25) is 5.95 Å². The van der Waals surface area contributed by atoms with Gasteiger partial charge in [-0.3, -0.25) is 4.98 Å². The third kappa shape index (κ3) is 5.97. The third-order valence-electron chi connectivity index (χ3n) is 5.58. The molecule has 0 radical (unpaired) electrons. The highest BCUT2D eigenvalue weighted by Gasteiger charge is 2.43. The first kappa shape index (κ1) is 25.5. The molecule has 35 heavy (non-hydrogen) atoms. The number of rotatable bonds is 7. The molecule has 1 aliphatic rings. The van der Waals surface area contributed by atoms with E-state index in [1.54, 1.807) is 25.4 Å². The van der Waals surface area contributed by atoms with Crippen molar-refractivity contribution in [2.75, 3.05) is 29.2 Å². The molecular formula is C20H23F3N6O4S2. The molecule has 4 N–H and O–H groups in total. The lowest BCUT2D eigenvalue weighted by Gasteiger charge is -2.21. The van der Waals surface area contributed by atoms with Crippen LogP contribution in [0.4, 0.5) is 24.9 Å². The molecule has 3 aromatic rings. The van der Waals surface area contributed by atoms with E-state index >= 15 is 0 Å². The van der Waals surface area contributed by atoms with E-state index in [1.807, 2.05) is 0 Å². The van der Waals surface area contributed by atoms with Crippen LogP contribution in [0.15, 0.2) is 18.5 Å². The van der Waals surface area contributed by atoms with Crippen molar-refractivity contribution in [1.82, 2.24) is 19.9 Å². The van der Waals surface area contributed by atoms with Crippen LogP contribution in [0.25, 0.3) is 20.8 Å². The summed E-state index contributed by atoms with van der Waals surface area (Å²) in [6, 6.07) is 0.961. The fraction of sp³-hybridized carbons (Fsp3) is 0.500. The molecule has 1 fully saturated rings. The summed E-state index contributed by atoms with van der Waals surface area (Å²) in [6.45, 7) is 0.247. The molecule has 3 heterocycles. The molecule has 0 unspecified atom stereocenters. The highest BCUT2D eigenvalue weighted by molar-refractivity contribution is 7.90. The van der Waals surface area contributed by atoms with Gasteiger partial charge in [-0.15, -0.1) is 11.3 Å². The van der Waals surface area contributed by atoms with Gasteiger partial charge in [0.25, 0.3) is 0 Å². The Morgan fingerprint density at radius 1 is 1.20 bits per heavy atom. The summed E-state index contributed by atoms with van der Waals surface area (Å²) in [4.78, 5) is 16.9. The largest absolute Gasteiger partial charge is 0.405 e. The van der Waals surface area contributed by atoms with Crippen molar-refractivity contribution >= 4 is 43.2 Å². The Morgan fingerprint density at radius 3 is 2.60 bits per heavy atom. The molecule has 4 rings (SSSR count). The number of aryl methyl sites for hydroxylation is 1. The number of aromatic nitrogens is 4. The number of fused-ring (bicyclic) bond motifs is 1. The normalized spacial score (nSPS) is 23.1. The van der Waals surface area contributed by atoms with Gasteiger partial charge in [0.05, 0.1) is 40.1 Å². The quantitative estimate of drug-likeness (QED) is 0.356. The number of alkyl halides is 3. The van der Waals surface area contributed by atoms with Crippen LogP contribution in [-0.4, -0.2) is 81.5 Å². The van der Waals surface area contributed by atoms with Crippen molar-refractivity contribution in [3.05, 3.63) is 24.2 Å². The summed E-state index contributed by atoms with van der Waals surface area (Å²) in [6.07, 6.45) is -2.79. The summed E-state index contributed by atoms with van der Waals surface area (Å²) in [5, 5.41) is 26.6. The molecule has 190 valence electrons. The Balaban J connectivity index is 1.72. The Kier molecular flexibility index (Phi) is 6.87. The average Bonchev–Trinajstić information content (AvgIpc) is 3.27. The number of hydrogen-bond acceptors (Lipinski definition) is 11.